The molecule has 0 aliphatic carbocycles. The number of unbranched alkanes of at least 4 members (excludes halogenated alkanes) is 9. The van der Waals surface area contributed by atoms with Gasteiger partial charge < -0.3 is 10.1 Å². The van der Waals surface area contributed by atoms with E-state index < -0.39 is 21.6 Å². The summed E-state index contributed by atoms with van der Waals surface area (Å²) in [5.41, 5.74) is -0.720. The number of hydrogen-bond donors (Lipinski definition) is 1. The van der Waals surface area contributed by atoms with E-state index in [0.717, 1.165) is 31.4 Å². The molecule has 1 amide bonds. The summed E-state index contributed by atoms with van der Waals surface area (Å²) in [7, 11) is 0. The van der Waals surface area contributed by atoms with Crippen molar-refractivity contribution >= 4 is 17.5 Å². The van der Waals surface area contributed by atoms with Crippen molar-refractivity contribution in [2.45, 2.75) is 77.7 Å². The van der Waals surface area contributed by atoms with Gasteiger partial charge in [-0.1, -0.05) is 64.7 Å². The van der Waals surface area contributed by atoms with Crippen LogP contribution in [-0.4, -0.2) is 22.5 Å². The molecular formula is C20H31N3O6. The van der Waals surface area contributed by atoms with Gasteiger partial charge in [-0.15, -0.1) is 0 Å². The van der Waals surface area contributed by atoms with Crippen molar-refractivity contribution in [2.75, 3.05) is 6.54 Å². The second kappa shape index (κ2) is 14.3. The molecule has 0 spiro atoms. The van der Waals surface area contributed by atoms with E-state index >= 15 is 0 Å². The fourth-order valence-electron chi connectivity index (χ4n) is 2.96. The van der Waals surface area contributed by atoms with Gasteiger partial charge in [0, 0.05) is 12.6 Å². The number of hydrogen-bond acceptors (Lipinski definition) is 6. The van der Waals surface area contributed by atoms with Gasteiger partial charge in [-0.05, 0) is 12.5 Å². The first-order valence-electron chi connectivity index (χ1n) is 10.3. The highest BCUT2D eigenvalue weighted by Gasteiger charge is 2.20. The van der Waals surface area contributed by atoms with Gasteiger partial charge >= 0.3 is 6.09 Å². The number of carbonyl (C=O) groups excluding carboxylic acids is 1. The molecule has 29 heavy (non-hydrogen) atoms. The predicted molar refractivity (Wildman–Crippen MR) is 110 cm³/mol. The third kappa shape index (κ3) is 10.4. The minimum atomic E-state index is -0.729. The fourth-order valence-corrected chi connectivity index (χ4v) is 2.96. The highest BCUT2D eigenvalue weighted by Crippen LogP contribution is 2.25. The van der Waals surface area contributed by atoms with Crippen LogP contribution in [-0.2, 0) is 11.3 Å². The lowest BCUT2D eigenvalue weighted by Gasteiger charge is -2.07. The van der Waals surface area contributed by atoms with Crippen molar-refractivity contribution in [1.29, 1.82) is 0 Å². The minimum absolute atomic E-state index is 0.106. The molecule has 0 aromatic heterocycles. The van der Waals surface area contributed by atoms with Crippen molar-refractivity contribution in [3.05, 3.63) is 44.0 Å². The molecule has 0 radical (unpaired) electrons. The van der Waals surface area contributed by atoms with Gasteiger partial charge in [0.25, 0.3) is 11.4 Å². The molecule has 0 bridgehead atoms. The molecule has 1 aromatic carbocycles. The van der Waals surface area contributed by atoms with Gasteiger partial charge in [-0.3, -0.25) is 20.2 Å². The Balaban J connectivity index is 2.18. The van der Waals surface area contributed by atoms with Crippen molar-refractivity contribution < 1.29 is 19.4 Å². The lowest BCUT2D eigenvalue weighted by atomic mass is 10.1. The van der Waals surface area contributed by atoms with E-state index in [1.165, 1.54) is 51.0 Å². The van der Waals surface area contributed by atoms with Crippen LogP contribution in [0.5, 0.6) is 0 Å². The topological polar surface area (TPSA) is 125 Å². The lowest BCUT2D eigenvalue weighted by molar-refractivity contribution is -0.394. The summed E-state index contributed by atoms with van der Waals surface area (Å²) in [6, 6.07) is 3.24. The average Bonchev–Trinajstić information content (AvgIpc) is 2.70. The molecule has 1 rings (SSSR count). The Bertz CT molecular complexity index is 666. The number of rotatable bonds is 15. The maximum Gasteiger partial charge on any atom is 0.407 e. The number of nitro benzene ring substituents is 2. The van der Waals surface area contributed by atoms with Crippen molar-refractivity contribution in [2.24, 2.45) is 0 Å². The quantitative estimate of drug-likeness (QED) is 0.227. The molecular weight excluding hydrogens is 378 g/mol. The van der Waals surface area contributed by atoms with Crippen LogP contribution < -0.4 is 5.32 Å². The van der Waals surface area contributed by atoms with E-state index in [9.17, 15) is 25.0 Å². The lowest BCUT2D eigenvalue weighted by Crippen LogP contribution is -2.25. The third-order valence-electron chi connectivity index (χ3n) is 4.63. The highest BCUT2D eigenvalue weighted by molar-refractivity contribution is 5.67. The van der Waals surface area contributed by atoms with Gasteiger partial charge in [0.05, 0.1) is 21.5 Å². The van der Waals surface area contributed by atoms with Crippen LogP contribution in [0.4, 0.5) is 16.2 Å². The van der Waals surface area contributed by atoms with E-state index in [-0.39, 0.29) is 17.9 Å². The van der Waals surface area contributed by atoms with E-state index in [1.807, 2.05) is 0 Å². The summed E-state index contributed by atoms with van der Waals surface area (Å²) >= 11 is 0. The Kier molecular flexibility index (Phi) is 12.0. The molecule has 0 saturated heterocycles. The zero-order valence-corrected chi connectivity index (χ0v) is 17.1. The minimum Gasteiger partial charge on any atom is -0.444 e. The molecule has 9 heteroatoms. The first-order valence-corrected chi connectivity index (χ1v) is 10.3. The number of nitrogens with zero attached hydrogens (tertiary/aromatic N) is 2. The Hall–Kier alpha value is -2.71. The molecule has 162 valence electrons. The fraction of sp³-hybridized carbons (Fsp3) is 0.650. The summed E-state index contributed by atoms with van der Waals surface area (Å²) in [6.07, 6.45) is 11.3. The van der Waals surface area contributed by atoms with E-state index in [1.54, 1.807) is 0 Å². The number of amides is 1. The number of nitro groups is 2. The number of alkyl carbamates (subject to hydrolysis) is 1. The summed E-state index contributed by atoms with van der Waals surface area (Å²) in [5.74, 6) is 0. The molecule has 1 N–H and O–H groups in total. The van der Waals surface area contributed by atoms with Crippen LogP contribution in [0.3, 0.4) is 0 Å². The number of carbonyl (C=O) groups is 1. The molecule has 0 aliphatic heterocycles. The Morgan fingerprint density at radius 1 is 0.931 bits per heavy atom. The summed E-state index contributed by atoms with van der Waals surface area (Å²) < 4.78 is 4.99. The summed E-state index contributed by atoms with van der Waals surface area (Å²) in [5, 5.41) is 24.4. The molecule has 0 saturated carbocycles. The SMILES string of the molecule is CCCCCCCCCCCCNC(=O)OCc1ccc([N+](=O)[O-])cc1[N+](=O)[O-]. The molecule has 0 aliphatic rings. The van der Waals surface area contributed by atoms with Gasteiger partial charge in [-0.25, -0.2) is 4.79 Å². The zero-order chi connectivity index (χ0) is 21.5. The van der Waals surface area contributed by atoms with E-state index in [4.69, 9.17) is 4.74 Å². The van der Waals surface area contributed by atoms with Gasteiger partial charge in [0.15, 0.2) is 0 Å². The van der Waals surface area contributed by atoms with Crippen LogP contribution in [0, 0.1) is 20.2 Å². The van der Waals surface area contributed by atoms with Crippen molar-refractivity contribution in [3.63, 3.8) is 0 Å². The molecule has 0 fully saturated rings. The summed E-state index contributed by atoms with van der Waals surface area (Å²) in [6.45, 7) is 2.37. The monoisotopic (exact) mass is 409 g/mol. The smallest absolute Gasteiger partial charge is 0.407 e. The van der Waals surface area contributed by atoms with E-state index in [0.29, 0.717) is 6.54 Å². The van der Waals surface area contributed by atoms with Crippen molar-refractivity contribution in [1.82, 2.24) is 5.32 Å². The van der Waals surface area contributed by atoms with Crippen LogP contribution >= 0.6 is 0 Å². The normalized spacial score (nSPS) is 10.5. The number of benzene rings is 1. The largest absolute Gasteiger partial charge is 0.444 e. The molecule has 9 nitrogen and oxygen atoms in total. The highest BCUT2D eigenvalue weighted by atomic mass is 16.6. The Morgan fingerprint density at radius 2 is 1.52 bits per heavy atom. The van der Waals surface area contributed by atoms with Gasteiger partial charge in [-0.2, -0.15) is 0 Å². The second-order valence-electron chi connectivity index (χ2n) is 7.01. The molecule has 0 unspecified atom stereocenters. The number of ether oxygens (including phenoxy) is 1. The van der Waals surface area contributed by atoms with Crippen LogP contribution in [0.2, 0.25) is 0 Å². The number of nitrogens with one attached hydrogen (secondary N) is 1. The molecule has 0 atom stereocenters. The Morgan fingerprint density at radius 3 is 2.07 bits per heavy atom. The first-order chi connectivity index (χ1) is 14.0. The first kappa shape index (κ1) is 24.3. The van der Waals surface area contributed by atoms with Crippen LogP contribution in [0.1, 0.15) is 76.7 Å². The molecule has 1 aromatic rings. The molecule has 0 heterocycles. The predicted octanol–water partition coefficient (Wildman–Crippen LogP) is 5.65. The van der Waals surface area contributed by atoms with Crippen LogP contribution in [0.15, 0.2) is 18.2 Å². The maximum absolute atomic E-state index is 11.7. The Labute approximate surface area is 171 Å². The van der Waals surface area contributed by atoms with Gasteiger partial charge in [0.1, 0.15) is 6.61 Å². The number of non-ortho nitro benzene ring substituents is 1. The summed E-state index contributed by atoms with van der Waals surface area (Å²) in [4.78, 5) is 32.1. The second-order valence-corrected chi connectivity index (χ2v) is 7.01. The zero-order valence-electron chi connectivity index (χ0n) is 17.1. The van der Waals surface area contributed by atoms with Crippen LogP contribution in [0.25, 0.3) is 0 Å². The van der Waals surface area contributed by atoms with Crippen molar-refractivity contribution in [3.8, 4) is 0 Å². The third-order valence-corrected chi connectivity index (χ3v) is 4.63. The maximum atomic E-state index is 11.7. The average molecular weight is 409 g/mol. The van der Waals surface area contributed by atoms with Gasteiger partial charge in [0.2, 0.25) is 0 Å². The van der Waals surface area contributed by atoms with E-state index in [2.05, 4.69) is 12.2 Å². The standard InChI is InChI=1S/C20H31N3O6/c1-2-3-4-5-6-7-8-9-10-11-14-21-20(24)29-16-17-12-13-18(22(25)26)15-19(17)23(27)28/h12-13,15H,2-11,14,16H2,1H3,(H,21,24).